The van der Waals surface area contributed by atoms with Gasteiger partial charge in [-0.1, -0.05) is 12.1 Å². The molecule has 0 aliphatic rings. The predicted octanol–water partition coefficient (Wildman–Crippen LogP) is 4.35. The Labute approximate surface area is 132 Å². The van der Waals surface area contributed by atoms with Gasteiger partial charge in [0.25, 0.3) is 0 Å². The van der Waals surface area contributed by atoms with Crippen LogP contribution in [0.3, 0.4) is 0 Å². The third-order valence-corrected chi connectivity index (χ3v) is 3.66. The van der Waals surface area contributed by atoms with Gasteiger partial charge >= 0.3 is 12.1 Å². The number of benzene rings is 1. The van der Waals surface area contributed by atoms with Gasteiger partial charge in [-0.05, 0) is 44.5 Å². The van der Waals surface area contributed by atoms with Crippen molar-refractivity contribution in [2.75, 3.05) is 6.61 Å². The number of rotatable bonds is 4. The van der Waals surface area contributed by atoms with Gasteiger partial charge < -0.3 is 9.30 Å². The summed E-state index contributed by atoms with van der Waals surface area (Å²) in [6, 6.07) is 6.89. The number of aromatic nitrogens is 1. The highest BCUT2D eigenvalue weighted by molar-refractivity contribution is 5.91. The van der Waals surface area contributed by atoms with Gasteiger partial charge in [0.2, 0.25) is 0 Å². The van der Waals surface area contributed by atoms with Crippen molar-refractivity contribution < 1.29 is 22.7 Å². The average Bonchev–Trinajstić information content (AvgIpc) is 2.75. The maximum Gasteiger partial charge on any atom is 0.416 e. The molecule has 1 aromatic carbocycles. The molecule has 0 saturated heterocycles. The molecule has 0 aliphatic heterocycles. The highest BCUT2D eigenvalue weighted by Crippen LogP contribution is 2.30. The number of hydrogen-bond acceptors (Lipinski definition) is 2. The lowest BCUT2D eigenvalue weighted by Crippen LogP contribution is -2.10. The van der Waals surface area contributed by atoms with Crippen molar-refractivity contribution >= 4 is 5.97 Å². The Morgan fingerprint density at radius 1 is 1.22 bits per heavy atom. The molecule has 23 heavy (non-hydrogen) atoms. The standard InChI is InChI=1S/C17H18F3NO2/c1-4-23-16(22)15-8-11(2)21(12(15)3)10-13-6-5-7-14(9-13)17(18,19)20/h5-9H,4,10H2,1-3H3. The van der Waals surface area contributed by atoms with E-state index in [0.717, 1.165) is 17.8 Å². The number of esters is 1. The molecule has 0 aliphatic carbocycles. The molecule has 0 saturated carbocycles. The minimum Gasteiger partial charge on any atom is -0.462 e. The van der Waals surface area contributed by atoms with Crippen LogP contribution in [0.2, 0.25) is 0 Å². The smallest absolute Gasteiger partial charge is 0.416 e. The van der Waals surface area contributed by atoms with Crippen molar-refractivity contribution in [2.24, 2.45) is 0 Å². The molecule has 0 amide bonds. The maximum absolute atomic E-state index is 12.8. The van der Waals surface area contributed by atoms with E-state index >= 15 is 0 Å². The molecule has 2 aromatic rings. The van der Waals surface area contributed by atoms with E-state index in [9.17, 15) is 18.0 Å². The number of ether oxygens (including phenoxy) is 1. The summed E-state index contributed by atoms with van der Waals surface area (Å²) >= 11 is 0. The molecule has 1 heterocycles. The molecule has 0 unspecified atom stereocenters. The van der Waals surface area contributed by atoms with Crippen molar-refractivity contribution in [1.82, 2.24) is 4.57 Å². The summed E-state index contributed by atoms with van der Waals surface area (Å²) in [5.74, 6) is -0.420. The summed E-state index contributed by atoms with van der Waals surface area (Å²) in [4.78, 5) is 11.9. The summed E-state index contributed by atoms with van der Waals surface area (Å²) in [6.45, 7) is 5.83. The lowest BCUT2D eigenvalue weighted by molar-refractivity contribution is -0.137. The summed E-state index contributed by atoms with van der Waals surface area (Å²) in [5.41, 5.74) is 1.76. The minimum atomic E-state index is -4.37. The van der Waals surface area contributed by atoms with Gasteiger partial charge in [0.15, 0.2) is 0 Å². The highest BCUT2D eigenvalue weighted by Gasteiger charge is 2.30. The van der Waals surface area contributed by atoms with Crippen LogP contribution in [0.15, 0.2) is 30.3 Å². The molecule has 6 heteroatoms. The van der Waals surface area contributed by atoms with Crippen LogP contribution in [0.25, 0.3) is 0 Å². The first-order valence-corrected chi connectivity index (χ1v) is 7.24. The summed E-state index contributed by atoms with van der Waals surface area (Å²) in [5, 5.41) is 0. The first kappa shape index (κ1) is 17.1. The number of carbonyl (C=O) groups excluding carboxylic acids is 1. The van der Waals surface area contributed by atoms with Crippen LogP contribution in [0.4, 0.5) is 13.2 Å². The fraction of sp³-hybridized carbons (Fsp3) is 0.353. The van der Waals surface area contributed by atoms with Crippen molar-refractivity contribution in [2.45, 2.75) is 33.5 Å². The van der Waals surface area contributed by atoms with E-state index in [1.54, 1.807) is 26.0 Å². The quantitative estimate of drug-likeness (QED) is 0.783. The van der Waals surface area contributed by atoms with E-state index < -0.39 is 17.7 Å². The number of hydrogen-bond donors (Lipinski definition) is 0. The van der Waals surface area contributed by atoms with Crippen molar-refractivity contribution in [3.8, 4) is 0 Å². The zero-order valence-corrected chi connectivity index (χ0v) is 13.2. The van der Waals surface area contributed by atoms with E-state index in [1.165, 1.54) is 6.07 Å². The second kappa shape index (κ2) is 6.48. The van der Waals surface area contributed by atoms with Gasteiger partial charge in [-0.2, -0.15) is 13.2 Å². The van der Waals surface area contributed by atoms with E-state index in [-0.39, 0.29) is 13.2 Å². The Bertz CT molecular complexity index is 717. The largest absolute Gasteiger partial charge is 0.462 e. The molecule has 2 rings (SSSR count). The molecule has 0 fully saturated rings. The fourth-order valence-corrected chi connectivity index (χ4v) is 2.49. The van der Waals surface area contributed by atoms with Gasteiger partial charge in [0.1, 0.15) is 0 Å². The fourth-order valence-electron chi connectivity index (χ4n) is 2.49. The van der Waals surface area contributed by atoms with E-state index in [0.29, 0.717) is 16.8 Å². The Morgan fingerprint density at radius 2 is 1.91 bits per heavy atom. The lowest BCUT2D eigenvalue weighted by Gasteiger charge is -2.12. The van der Waals surface area contributed by atoms with Crippen LogP contribution in [0.5, 0.6) is 0 Å². The van der Waals surface area contributed by atoms with Crippen LogP contribution in [-0.2, 0) is 17.5 Å². The van der Waals surface area contributed by atoms with Crippen molar-refractivity contribution in [3.05, 3.63) is 58.4 Å². The zero-order valence-electron chi connectivity index (χ0n) is 13.2. The molecule has 1 aromatic heterocycles. The topological polar surface area (TPSA) is 31.2 Å². The number of halogens is 3. The number of nitrogens with zero attached hydrogens (tertiary/aromatic N) is 1. The Hall–Kier alpha value is -2.24. The number of alkyl halides is 3. The third-order valence-electron chi connectivity index (χ3n) is 3.66. The monoisotopic (exact) mass is 325 g/mol. The van der Waals surface area contributed by atoms with Crippen molar-refractivity contribution in [1.29, 1.82) is 0 Å². The Morgan fingerprint density at radius 3 is 2.52 bits per heavy atom. The lowest BCUT2D eigenvalue weighted by atomic mass is 10.1. The number of aryl methyl sites for hydroxylation is 1. The van der Waals surface area contributed by atoms with Crippen LogP contribution >= 0.6 is 0 Å². The normalized spacial score (nSPS) is 11.6. The molecular weight excluding hydrogens is 307 g/mol. The minimum absolute atomic E-state index is 0.265. The predicted molar refractivity (Wildman–Crippen MR) is 80.4 cm³/mol. The molecule has 0 atom stereocenters. The van der Waals surface area contributed by atoms with Gasteiger partial charge in [-0.3, -0.25) is 0 Å². The summed E-state index contributed by atoms with van der Waals surface area (Å²) in [6.07, 6.45) is -4.37. The molecule has 0 bridgehead atoms. The average molecular weight is 325 g/mol. The van der Waals surface area contributed by atoms with Crippen LogP contribution in [0, 0.1) is 13.8 Å². The van der Waals surface area contributed by atoms with Gasteiger partial charge in [0, 0.05) is 17.9 Å². The first-order valence-electron chi connectivity index (χ1n) is 7.24. The summed E-state index contributed by atoms with van der Waals surface area (Å²) in [7, 11) is 0. The second-order valence-corrected chi connectivity index (χ2v) is 5.29. The van der Waals surface area contributed by atoms with E-state index in [1.807, 2.05) is 11.5 Å². The van der Waals surface area contributed by atoms with Gasteiger partial charge in [0.05, 0.1) is 17.7 Å². The zero-order chi connectivity index (χ0) is 17.2. The van der Waals surface area contributed by atoms with Crippen LogP contribution < -0.4 is 0 Å². The molecule has 124 valence electrons. The maximum atomic E-state index is 12.8. The SMILES string of the molecule is CCOC(=O)c1cc(C)n(Cc2cccc(C(F)(F)F)c2)c1C. The Kier molecular flexibility index (Phi) is 4.82. The molecule has 0 spiro atoms. The van der Waals surface area contributed by atoms with Crippen LogP contribution in [-0.4, -0.2) is 17.1 Å². The second-order valence-electron chi connectivity index (χ2n) is 5.29. The molecule has 3 nitrogen and oxygen atoms in total. The highest BCUT2D eigenvalue weighted by atomic mass is 19.4. The van der Waals surface area contributed by atoms with E-state index in [4.69, 9.17) is 4.74 Å². The molecule has 0 N–H and O–H groups in total. The third kappa shape index (κ3) is 3.75. The number of carbonyl (C=O) groups is 1. The molecular formula is C17H18F3NO2. The first-order chi connectivity index (χ1) is 10.7. The Balaban J connectivity index is 2.33. The summed E-state index contributed by atoms with van der Waals surface area (Å²) < 4.78 is 45.2. The molecule has 0 radical (unpaired) electrons. The van der Waals surface area contributed by atoms with Gasteiger partial charge in [-0.15, -0.1) is 0 Å². The van der Waals surface area contributed by atoms with Crippen LogP contribution in [0.1, 0.15) is 39.8 Å². The van der Waals surface area contributed by atoms with Crippen molar-refractivity contribution in [3.63, 3.8) is 0 Å². The van der Waals surface area contributed by atoms with E-state index in [2.05, 4.69) is 0 Å². The van der Waals surface area contributed by atoms with Gasteiger partial charge in [-0.25, -0.2) is 4.79 Å².